The fraction of sp³-hybridized carbons (Fsp3) is 0.800. The minimum Gasteiger partial charge on any atom is -0.481 e. The second-order valence-electron chi connectivity index (χ2n) is 6.55. The van der Waals surface area contributed by atoms with Crippen molar-refractivity contribution in [2.45, 2.75) is 44.3 Å². The van der Waals surface area contributed by atoms with E-state index in [2.05, 4.69) is 10.6 Å². The van der Waals surface area contributed by atoms with Crippen LogP contribution in [0.2, 0.25) is 0 Å². The third kappa shape index (κ3) is 5.23. The van der Waals surface area contributed by atoms with E-state index in [0.717, 1.165) is 37.0 Å². The average molecular weight is 365 g/mol. The van der Waals surface area contributed by atoms with Gasteiger partial charge in [0.1, 0.15) is 0 Å². The van der Waals surface area contributed by atoms with Gasteiger partial charge in [0.2, 0.25) is 5.91 Å². The zero-order valence-corrected chi connectivity index (χ0v) is 13.6. The van der Waals surface area contributed by atoms with Gasteiger partial charge in [-0.15, -0.1) is 0 Å². The van der Waals surface area contributed by atoms with Crippen LogP contribution in [0.3, 0.4) is 0 Å². The second-order valence-corrected chi connectivity index (χ2v) is 6.55. The molecule has 3 N–H and O–H groups in total. The molecule has 0 radical (unpaired) electrons. The van der Waals surface area contributed by atoms with E-state index in [9.17, 15) is 27.6 Å². The standard InChI is InChI=1S/C15H22F3N3O4/c16-15(17,18)11-8-21(7-10(11)13(23)24)12(22)6-19-14(25)20-9-4-2-1-3-5-9/h9-11H,1-8H2,(H,23,24)(H2,19,20,25)/t10-,11-/m1/s1. The summed E-state index contributed by atoms with van der Waals surface area (Å²) in [5.41, 5.74) is 0. The van der Waals surface area contributed by atoms with E-state index < -0.39 is 55.6 Å². The number of nitrogens with one attached hydrogen (secondary N) is 2. The molecule has 3 amide bonds. The Balaban J connectivity index is 1.82. The lowest BCUT2D eigenvalue weighted by Gasteiger charge is -2.23. The van der Waals surface area contributed by atoms with Crippen LogP contribution in [0.15, 0.2) is 0 Å². The predicted octanol–water partition coefficient (Wildman–Crippen LogP) is 1.34. The number of rotatable bonds is 4. The van der Waals surface area contributed by atoms with Crippen LogP contribution in [0.5, 0.6) is 0 Å². The Morgan fingerprint density at radius 3 is 2.24 bits per heavy atom. The van der Waals surface area contributed by atoms with Gasteiger partial charge < -0.3 is 20.6 Å². The Morgan fingerprint density at radius 2 is 1.72 bits per heavy atom. The van der Waals surface area contributed by atoms with Gasteiger partial charge in [0.15, 0.2) is 0 Å². The van der Waals surface area contributed by atoms with Crippen LogP contribution in [-0.4, -0.2) is 59.8 Å². The summed E-state index contributed by atoms with van der Waals surface area (Å²) in [6.45, 7) is -1.68. The average Bonchev–Trinajstić information content (AvgIpc) is 2.99. The molecule has 1 aliphatic heterocycles. The Bertz CT molecular complexity index is 521. The number of hydrogen-bond acceptors (Lipinski definition) is 3. The van der Waals surface area contributed by atoms with Crippen molar-refractivity contribution in [1.29, 1.82) is 0 Å². The number of carboxylic acids is 1. The summed E-state index contributed by atoms with van der Waals surface area (Å²) >= 11 is 0. The summed E-state index contributed by atoms with van der Waals surface area (Å²) in [6, 6.07) is -0.497. The van der Waals surface area contributed by atoms with E-state index >= 15 is 0 Å². The number of aliphatic carboxylic acids is 1. The Hall–Kier alpha value is -2.00. The lowest BCUT2D eigenvalue weighted by molar-refractivity contribution is -0.188. The van der Waals surface area contributed by atoms with E-state index in [-0.39, 0.29) is 6.04 Å². The zero-order valence-electron chi connectivity index (χ0n) is 13.6. The highest BCUT2D eigenvalue weighted by Gasteiger charge is 2.53. The third-order valence-electron chi connectivity index (χ3n) is 4.75. The van der Waals surface area contributed by atoms with E-state index in [4.69, 9.17) is 5.11 Å². The summed E-state index contributed by atoms with van der Waals surface area (Å²) < 4.78 is 38.7. The van der Waals surface area contributed by atoms with Crippen molar-refractivity contribution in [3.05, 3.63) is 0 Å². The van der Waals surface area contributed by atoms with Gasteiger partial charge in [-0.1, -0.05) is 19.3 Å². The first-order chi connectivity index (χ1) is 11.7. The van der Waals surface area contributed by atoms with Gasteiger partial charge in [0.05, 0.1) is 18.4 Å². The van der Waals surface area contributed by atoms with Crippen LogP contribution in [-0.2, 0) is 9.59 Å². The van der Waals surface area contributed by atoms with Crippen molar-refractivity contribution in [3.8, 4) is 0 Å². The molecular weight excluding hydrogens is 343 g/mol. The second kappa shape index (κ2) is 7.92. The molecule has 1 saturated heterocycles. The number of carbonyl (C=O) groups excluding carboxylic acids is 2. The van der Waals surface area contributed by atoms with Crippen LogP contribution in [0.1, 0.15) is 32.1 Å². The van der Waals surface area contributed by atoms with Gasteiger partial charge in [-0.3, -0.25) is 9.59 Å². The lowest BCUT2D eigenvalue weighted by Crippen LogP contribution is -2.47. The molecule has 1 heterocycles. The maximum Gasteiger partial charge on any atom is 0.394 e. The molecule has 2 rings (SSSR count). The molecule has 0 aromatic heterocycles. The normalized spacial score (nSPS) is 24.8. The molecule has 2 atom stereocenters. The highest BCUT2D eigenvalue weighted by Crippen LogP contribution is 2.37. The Morgan fingerprint density at radius 1 is 1.08 bits per heavy atom. The summed E-state index contributed by atoms with van der Waals surface area (Å²) in [6.07, 6.45) is 0.199. The molecule has 0 unspecified atom stereocenters. The van der Waals surface area contributed by atoms with Gasteiger partial charge in [0.25, 0.3) is 0 Å². The fourth-order valence-electron chi connectivity index (χ4n) is 3.34. The molecule has 0 bridgehead atoms. The maximum atomic E-state index is 12.9. The molecule has 142 valence electrons. The largest absolute Gasteiger partial charge is 0.481 e. The minimum absolute atomic E-state index is 0.0432. The van der Waals surface area contributed by atoms with Gasteiger partial charge >= 0.3 is 18.2 Å². The van der Waals surface area contributed by atoms with Crippen molar-refractivity contribution in [2.75, 3.05) is 19.6 Å². The highest BCUT2D eigenvalue weighted by molar-refractivity contribution is 5.85. The van der Waals surface area contributed by atoms with E-state index in [1.165, 1.54) is 0 Å². The molecule has 2 fully saturated rings. The number of halogens is 3. The van der Waals surface area contributed by atoms with E-state index in [0.29, 0.717) is 0 Å². The van der Waals surface area contributed by atoms with Crippen molar-refractivity contribution < 1.29 is 32.7 Å². The predicted molar refractivity (Wildman–Crippen MR) is 80.7 cm³/mol. The number of hydrogen-bond donors (Lipinski definition) is 3. The van der Waals surface area contributed by atoms with Crippen LogP contribution >= 0.6 is 0 Å². The number of carbonyl (C=O) groups is 3. The molecule has 1 saturated carbocycles. The number of urea groups is 1. The molecule has 25 heavy (non-hydrogen) atoms. The molecule has 10 heteroatoms. The molecule has 7 nitrogen and oxygen atoms in total. The number of nitrogens with zero attached hydrogens (tertiary/aromatic N) is 1. The van der Waals surface area contributed by atoms with Crippen LogP contribution in [0.4, 0.5) is 18.0 Å². The van der Waals surface area contributed by atoms with Crippen molar-refractivity contribution in [3.63, 3.8) is 0 Å². The summed E-state index contributed by atoms with van der Waals surface area (Å²) in [7, 11) is 0. The van der Waals surface area contributed by atoms with Crippen molar-refractivity contribution in [2.24, 2.45) is 11.8 Å². The van der Waals surface area contributed by atoms with E-state index in [1.54, 1.807) is 0 Å². The summed E-state index contributed by atoms with van der Waals surface area (Å²) in [5, 5.41) is 14.0. The number of likely N-dealkylation sites (tertiary alicyclic amines) is 1. The lowest BCUT2D eigenvalue weighted by atomic mass is 9.96. The fourth-order valence-corrected chi connectivity index (χ4v) is 3.34. The number of alkyl halides is 3. The zero-order chi connectivity index (χ0) is 18.6. The monoisotopic (exact) mass is 365 g/mol. The molecule has 0 spiro atoms. The summed E-state index contributed by atoms with van der Waals surface area (Å²) in [5.74, 6) is -6.08. The molecule has 1 aliphatic carbocycles. The maximum absolute atomic E-state index is 12.9. The first kappa shape index (κ1) is 19.3. The molecule has 0 aromatic rings. The minimum atomic E-state index is -4.69. The van der Waals surface area contributed by atoms with Crippen molar-refractivity contribution >= 4 is 17.9 Å². The Labute approximate surface area is 142 Å². The van der Waals surface area contributed by atoms with Gasteiger partial charge in [-0.2, -0.15) is 13.2 Å². The van der Waals surface area contributed by atoms with Crippen LogP contribution < -0.4 is 10.6 Å². The van der Waals surface area contributed by atoms with Crippen LogP contribution in [0, 0.1) is 11.8 Å². The quantitative estimate of drug-likeness (QED) is 0.700. The topological polar surface area (TPSA) is 98.7 Å². The highest BCUT2D eigenvalue weighted by atomic mass is 19.4. The van der Waals surface area contributed by atoms with Gasteiger partial charge in [-0.25, -0.2) is 4.79 Å². The van der Waals surface area contributed by atoms with Gasteiger partial charge in [0, 0.05) is 19.1 Å². The SMILES string of the molecule is O=C(NCC(=O)N1C[C@@H](C(F)(F)F)[C@H](C(=O)O)C1)NC1CCCCC1. The van der Waals surface area contributed by atoms with E-state index in [1.807, 2.05) is 0 Å². The smallest absolute Gasteiger partial charge is 0.394 e. The molecular formula is C15H22F3N3O4. The first-order valence-corrected chi connectivity index (χ1v) is 8.30. The number of carboxylic acid groups (broad SMARTS) is 1. The van der Waals surface area contributed by atoms with Gasteiger partial charge in [-0.05, 0) is 12.8 Å². The summed E-state index contributed by atoms with van der Waals surface area (Å²) in [4.78, 5) is 35.6. The van der Waals surface area contributed by atoms with Crippen molar-refractivity contribution in [1.82, 2.24) is 15.5 Å². The third-order valence-corrected chi connectivity index (χ3v) is 4.75. The van der Waals surface area contributed by atoms with Crippen LogP contribution in [0.25, 0.3) is 0 Å². The Kier molecular flexibility index (Phi) is 6.12. The molecule has 0 aromatic carbocycles. The number of amides is 3. The first-order valence-electron chi connectivity index (χ1n) is 8.30. The molecule has 2 aliphatic rings.